The highest BCUT2D eigenvalue weighted by Gasteiger charge is 2.33. The molecule has 0 aromatic carbocycles. The fraction of sp³-hybridized carbons (Fsp3) is 0.455. The molecule has 100 valence electrons. The predicted octanol–water partition coefficient (Wildman–Crippen LogP) is 3.69. The number of hydrogen-bond acceptors (Lipinski definition) is 3. The van der Waals surface area contributed by atoms with Crippen LogP contribution in [0.1, 0.15) is 35.8 Å². The number of carboxylic acid groups (broad SMARTS) is 1. The number of unbranched alkanes of at least 4 members (excludes halogenated alkanes) is 1. The number of pyridine rings is 1. The van der Waals surface area contributed by atoms with E-state index in [1.165, 1.54) is 0 Å². The molecule has 1 heterocycles. The number of carboxylic acids is 1. The van der Waals surface area contributed by atoms with Gasteiger partial charge >= 0.3 is 12.1 Å². The molecule has 0 aliphatic carbocycles. The van der Waals surface area contributed by atoms with Gasteiger partial charge < -0.3 is 5.11 Å². The first-order chi connectivity index (χ1) is 8.36. The molecule has 0 saturated heterocycles. The van der Waals surface area contributed by atoms with Gasteiger partial charge in [-0.05, 0) is 24.3 Å². The molecular weight excluding hydrogens is 267 g/mol. The number of aromatic carboxylic acids is 1. The van der Waals surface area contributed by atoms with Crippen molar-refractivity contribution in [3.63, 3.8) is 0 Å². The van der Waals surface area contributed by atoms with Crippen LogP contribution < -0.4 is 0 Å². The molecule has 1 N–H and O–H groups in total. The summed E-state index contributed by atoms with van der Waals surface area (Å²) in [4.78, 5) is 14.3. The number of halogens is 3. The van der Waals surface area contributed by atoms with Crippen molar-refractivity contribution in [1.82, 2.24) is 4.98 Å². The lowest BCUT2D eigenvalue weighted by atomic mass is 10.2. The Morgan fingerprint density at radius 2 is 2.11 bits per heavy atom. The second kappa shape index (κ2) is 6.08. The summed E-state index contributed by atoms with van der Waals surface area (Å²) in [6.45, 7) is 1.94. The molecule has 3 nitrogen and oxygen atoms in total. The van der Waals surface area contributed by atoms with E-state index in [1.54, 1.807) is 0 Å². The third kappa shape index (κ3) is 3.90. The molecule has 0 bridgehead atoms. The van der Waals surface area contributed by atoms with Crippen LogP contribution in [-0.2, 0) is 6.18 Å². The highest BCUT2D eigenvalue weighted by Crippen LogP contribution is 2.31. The molecule has 1 aromatic rings. The number of aromatic nitrogens is 1. The number of nitrogens with zero attached hydrogens (tertiary/aromatic N) is 1. The zero-order valence-electron chi connectivity index (χ0n) is 9.62. The Morgan fingerprint density at radius 1 is 1.44 bits per heavy atom. The minimum absolute atomic E-state index is 0.0780. The van der Waals surface area contributed by atoms with E-state index in [0.29, 0.717) is 11.8 Å². The van der Waals surface area contributed by atoms with E-state index in [1.807, 2.05) is 6.92 Å². The van der Waals surface area contributed by atoms with E-state index in [-0.39, 0.29) is 10.6 Å². The van der Waals surface area contributed by atoms with Crippen molar-refractivity contribution in [1.29, 1.82) is 0 Å². The fourth-order valence-electron chi connectivity index (χ4n) is 1.18. The second-order valence-corrected chi connectivity index (χ2v) is 4.64. The average Bonchev–Trinajstić information content (AvgIpc) is 2.27. The first-order valence-electron chi connectivity index (χ1n) is 5.30. The Labute approximate surface area is 106 Å². The molecule has 7 heteroatoms. The van der Waals surface area contributed by atoms with E-state index in [9.17, 15) is 18.0 Å². The van der Waals surface area contributed by atoms with Crippen LogP contribution >= 0.6 is 11.8 Å². The maximum Gasteiger partial charge on any atom is 0.433 e. The second-order valence-electron chi connectivity index (χ2n) is 3.55. The Bertz CT molecular complexity index is 435. The number of thioether (sulfide) groups is 1. The zero-order valence-corrected chi connectivity index (χ0v) is 10.4. The van der Waals surface area contributed by atoms with Crippen LogP contribution in [0.4, 0.5) is 13.2 Å². The Morgan fingerprint density at radius 3 is 2.61 bits per heavy atom. The minimum atomic E-state index is -4.56. The number of carbonyl (C=O) groups is 1. The summed E-state index contributed by atoms with van der Waals surface area (Å²) in [7, 11) is 0. The van der Waals surface area contributed by atoms with Gasteiger partial charge in [-0.2, -0.15) is 13.2 Å². The smallest absolute Gasteiger partial charge is 0.433 e. The fourth-order valence-corrected chi connectivity index (χ4v) is 2.28. The molecule has 0 unspecified atom stereocenters. The van der Waals surface area contributed by atoms with Crippen molar-refractivity contribution in [3.05, 3.63) is 23.4 Å². The predicted molar refractivity (Wildman–Crippen MR) is 61.8 cm³/mol. The molecule has 1 rings (SSSR count). The largest absolute Gasteiger partial charge is 0.478 e. The van der Waals surface area contributed by atoms with Gasteiger partial charge in [0.05, 0.1) is 5.56 Å². The lowest BCUT2D eigenvalue weighted by Crippen LogP contribution is -2.11. The molecule has 0 spiro atoms. The van der Waals surface area contributed by atoms with Gasteiger partial charge in [0.1, 0.15) is 10.7 Å². The molecule has 18 heavy (non-hydrogen) atoms. The van der Waals surface area contributed by atoms with Gasteiger partial charge in [0.15, 0.2) is 0 Å². The lowest BCUT2D eigenvalue weighted by Gasteiger charge is -2.09. The van der Waals surface area contributed by atoms with E-state index in [0.717, 1.165) is 30.7 Å². The number of hydrogen-bond donors (Lipinski definition) is 1. The summed E-state index contributed by atoms with van der Waals surface area (Å²) < 4.78 is 37.4. The van der Waals surface area contributed by atoms with Gasteiger partial charge in [-0.1, -0.05) is 13.3 Å². The lowest BCUT2D eigenvalue weighted by molar-refractivity contribution is -0.141. The van der Waals surface area contributed by atoms with Crippen LogP contribution in [-0.4, -0.2) is 21.8 Å². The molecule has 1 aromatic heterocycles. The Balaban J connectivity index is 3.04. The highest BCUT2D eigenvalue weighted by molar-refractivity contribution is 7.99. The standard InChI is InChI=1S/C11H12F3NO2S/c1-2-3-6-18-9-7(10(16)17)4-5-8(15-9)11(12,13)14/h4-5H,2-3,6H2,1H3,(H,16,17). The van der Waals surface area contributed by atoms with Crippen molar-refractivity contribution in [2.75, 3.05) is 5.75 Å². The molecular formula is C11H12F3NO2S. The number of alkyl halides is 3. The van der Waals surface area contributed by atoms with Crippen LogP contribution in [0.25, 0.3) is 0 Å². The maximum absolute atomic E-state index is 12.5. The first-order valence-corrected chi connectivity index (χ1v) is 6.29. The molecule has 0 amide bonds. The summed E-state index contributed by atoms with van der Waals surface area (Å²) in [5.41, 5.74) is -1.25. The monoisotopic (exact) mass is 279 g/mol. The molecule has 0 fully saturated rings. The van der Waals surface area contributed by atoms with Gasteiger partial charge in [0.25, 0.3) is 0 Å². The van der Waals surface area contributed by atoms with Crippen molar-refractivity contribution in [3.8, 4) is 0 Å². The van der Waals surface area contributed by atoms with Crippen LogP contribution in [0.5, 0.6) is 0 Å². The summed E-state index contributed by atoms with van der Waals surface area (Å²) in [6, 6.07) is 1.64. The summed E-state index contributed by atoms with van der Waals surface area (Å²) >= 11 is 1.04. The van der Waals surface area contributed by atoms with Gasteiger partial charge in [0.2, 0.25) is 0 Å². The third-order valence-electron chi connectivity index (χ3n) is 2.12. The van der Waals surface area contributed by atoms with E-state index in [4.69, 9.17) is 5.11 Å². The van der Waals surface area contributed by atoms with Gasteiger partial charge in [-0.15, -0.1) is 11.8 Å². The third-order valence-corrected chi connectivity index (χ3v) is 3.20. The summed E-state index contributed by atoms with van der Waals surface area (Å²) in [5.74, 6) is -0.722. The van der Waals surface area contributed by atoms with Crippen molar-refractivity contribution in [2.24, 2.45) is 0 Å². The van der Waals surface area contributed by atoms with E-state index >= 15 is 0 Å². The maximum atomic E-state index is 12.5. The average molecular weight is 279 g/mol. The van der Waals surface area contributed by atoms with Crippen molar-refractivity contribution < 1.29 is 23.1 Å². The SMILES string of the molecule is CCCCSc1nc(C(F)(F)F)ccc1C(=O)O. The molecule has 0 atom stereocenters. The highest BCUT2D eigenvalue weighted by atomic mass is 32.2. The first kappa shape index (κ1) is 14.8. The van der Waals surface area contributed by atoms with Crippen LogP contribution in [0.15, 0.2) is 17.2 Å². The normalized spacial score (nSPS) is 11.6. The molecule has 0 saturated carbocycles. The van der Waals surface area contributed by atoms with Crippen LogP contribution in [0.2, 0.25) is 0 Å². The van der Waals surface area contributed by atoms with Gasteiger partial charge in [0, 0.05) is 0 Å². The topological polar surface area (TPSA) is 50.2 Å². The molecule has 0 radical (unpaired) electrons. The molecule has 0 aliphatic heterocycles. The van der Waals surface area contributed by atoms with Gasteiger partial charge in [-0.25, -0.2) is 9.78 Å². The Hall–Kier alpha value is -1.24. The zero-order chi connectivity index (χ0) is 13.8. The molecule has 0 aliphatic rings. The quantitative estimate of drug-likeness (QED) is 0.659. The Kier molecular flexibility index (Phi) is 5.01. The van der Waals surface area contributed by atoms with Crippen LogP contribution in [0.3, 0.4) is 0 Å². The summed E-state index contributed by atoms with van der Waals surface area (Å²) in [5, 5.41) is 8.80. The number of rotatable bonds is 5. The van der Waals surface area contributed by atoms with Crippen LogP contribution in [0, 0.1) is 0 Å². The van der Waals surface area contributed by atoms with E-state index in [2.05, 4.69) is 4.98 Å². The van der Waals surface area contributed by atoms with Crippen molar-refractivity contribution in [2.45, 2.75) is 31.0 Å². The summed E-state index contributed by atoms with van der Waals surface area (Å²) in [6.07, 6.45) is -2.88. The van der Waals surface area contributed by atoms with E-state index < -0.39 is 17.8 Å². The van der Waals surface area contributed by atoms with Crippen molar-refractivity contribution >= 4 is 17.7 Å². The minimum Gasteiger partial charge on any atom is -0.478 e. The van der Waals surface area contributed by atoms with Gasteiger partial charge in [-0.3, -0.25) is 0 Å².